The van der Waals surface area contributed by atoms with Crippen LogP contribution in [0.15, 0.2) is 0 Å². The predicted molar refractivity (Wildman–Crippen MR) is 23.5 cm³/mol. The molecule has 0 aromatic rings. The summed E-state index contributed by atoms with van der Waals surface area (Å²) in [5.74, 6) is 0. The summed E-state index contributed by atoms with van der Waals surface area (Å²) in [6, 6.07) is 0. The van der Waals surface area contributed by atoms with Gasteiger partial charge in [-0.05, 0) is 0 Å². The van der Waals surface area contributed by atoms with E-state index in [0.717, 1.165) is 0 Å². The van der Waals surface area contributed by atoms with Crippen molar-refractivity contribution in [2.75, 3.05) is 0 Å². The molecule has 0 aliphatic heterocycles. The van der Waals surface area contributed by atoms with E-state index in [2.05, 4.69) is 0 Å². The Labute approximate surface area is 29.6 Å². The van der Waals surface area contributed by atoms with Crippen molar-refractivity contribution in [3.05, 3.63) is 0 Å². The molecular formula is H7NOSi2. The van der Waals surface area contributed by atoms with Crippen LogP contribution in [-0.2, 0) is 0 Å². The molecule has 0 radical (unpaired) electrons. The molecule has 0 atom stereocenters. The van der Waals surface area contributed by atoms with Gasteiger partial charge in [0.1, 0.15) is 9.20 Å². The minimum absolute atomic E-state index is 0.381. The normalized spacial score (nSPS) is 13.5. The first-order valence-electron chi connectivity index (χ1n) is 1.22. The van der Waals surface area contributed by atoms with Crippen molar-refractivity contribution < 1.29 is 4.80 Å². The van der Waals surface area contributed by atoms with Crippen LogP contribution < -0.4 is 5.40 Å². The van der Waals surface area contributed by atoms with Gasteiger partial charge in [-0.3, -0.25) is 0 Å². The van der Waals surface area contributed by atoms with Crippen LogP contribution in [0.5, 0.6) is 0 Å². The van der Waals surface area contributed by atoms with Gasteiger partial charge in [0.25, 0.3) is 0 Å². The molecule has 4 heavy (non-hydrogen) atoms. The Bertz CT molecular complexity index is 8.00. The van der Waals surface area contributed by atoms with Gasteiger partial charge in [-0.1, -0.05) is 0 Å². The molecule has 0 aliphatic rings. The van der Waals surface area contributed by atoms with E-state index in [9.17, 15) is 0 Å². The molecule has 4 heteroatoms. The third-order valence-electron chi connectivity index (χ3n) is 0.129. The highest BCUT2D eigenvalue weighted by Gasteiger charge is 1.63. The van der Waals surface area contributed by atoms with E-state index in [1.165, 1.54) is 0 Å². The van der Waals surface area contributed by atoms with Gasteiger partial charge in [0.15, 0.2) is 9.28 Å². The summed E-state index contributed by atoms with van der Waals surface area (Å²) in [7, 11) is -1.04. The molecule has 2 nitrogen and oxygen atoms in total. The SMILES string of the molecule is N[SiH2][SiH2]O. The largest absolute Gasteiger partial charge is 0.441 e. The van der Waals surface area contributed by atoms with Crippen molar-refractivity contribution in [2.24, 2.45) is 5.40 Å². The fourth-order valence-electron chi connectivity index (χ4n) is 0. The Hall–Kier alpha value is 0.354. The number of hydrogen-bond donors (Lipinski definition) is 2. The first-order valence-corrected chi connectivity index (χ1v) is 6.67. The van der Waals surface area contributed by atoms with Crippen LogP contribution in [0.2, 0.25) is 0 Å². The maximum Gasteiger partial charge on any atom is 0.155 e. The van der Waals surface area contributed by atoms with Gasteiger partial charge in [-0.15, -0.1) is 0 Å². The van der Waals surface area contributed by atoms with Crippen molar-refractivity contribution in [3.8, 4) is 0 Å². The van der Waals surface area contributed by atoms with E-state index in [-0.39, 0.29) is 9.20 Å². The van der Waals surface area contributed by atoms with Gasteiger partial charge in [0.05, 0.1) is 0 Å². The smallest absolute Gasteiger partial charge is 0.155 e. The summed E-state index contributed by atoms with van der Waals surface area (Å²) in [6.07, 6.45) is 0. The number of rotatable bonds is 1. The van der Waals surface area contributed by atoms with Crippen LogP contribution in [0.25, 0.3) is 0 Å². The van der Waals surface area contributed by atoms with Gasteiger partial charge in [-0.2, -0.15) is 0 Å². The quantitative estimate of drug-likeness (QED) is 0.340. The summed E-state index contributed by atoms with van der Waals surface area (Å²) in [6.45, 7) is 0. The van der Waals surface area contributed by atoms with Crippen LogP contribution in [-0.4, -0.2) is 23.3 Å². The summed E-state index contributed by atoms with van der Waals surface area (Å²) in [4.78, 5) is 7.95. The Balaban J connectivity index is 1.97. The van der Waals surface area contributed by atoms with Crippen LogP contribution in [0.4, 0.5) is 0 Å². The lowest BCUT2D eigenvalue weighted by atomic mass is 13.9. The van der Waals surface area contributed by atoms with Crippen LogP contribution >= 0.6 is 0 Å². The molecule has 0 fully saturated rings. The molecule has 0 aromatic carbocycles. The monoisotopic (exact) mass is 93.0 g/mol. The van der Waals surface area contributed by atoms with Gasteiger partial charge in [0.2, 0.25) is 0 Å². The zero-order chi connectivity index (χ0) is 3.41. The Morgan fingerprint density at radius 3 is 2.00 bits per heavy atom. The Morgan fingerprint density at radius 1 is 1.75 bits per heavy atom. The third kappa shape index (κ3) is 2.35. The molecule has 26 valence electrons. The lowest BCUT2D eigenvalue weighted by Crippen LogP contribution is -2.12. The minimum Gasteiger partial charge on any atom is -0.441 e. The van der Waals surface area contributed by atoms with Gasteiger partial charge >= 0.3 is 0 Å². The fourth-order valence-corrected chi connectivity index (χ4v) is 0. The van der Waals surface area contributed by atoms with Gasteiger partial charge in [-0.25, -0.2) is 0 Å². The minimum atomic E-state index is -0.659. The fraction of sp³-hybridized carbons (Fsp3) is 0. The number of nitrogens with two attached hydrogens (primary N) is 1. The summed E-state index contributed by atoms with van der Waals surface area (Å²) < 4.78 is 0. The highest BCUT2D eigenvalue weighted by atomic mass is 29.2. The average molecular weight is 93.2 g/mol. The van der Waals surface area contributed by atoms with E-state index in [0.29, 0.717) is 0 Å². The molecule has 0 amide bonds. The standard InChI is InChI=1S/H7NOSi2/c1-3-4-2/h2H,1,3-4H2. The topological polar surface area (TPSA) is 46.2 Å². The number of hydrogen-bond acceptors (Lipinski definition) is 2. The van der Waals surface area contributed by atoms with Crippen molar-refractivity contribution in [1.29, 1.82) is 0 Å². The summed E-state index contributed by atoms with van der Waals surface area (Å²) in [5.41, 5.74) is 0. The molecule has 0 aliphatic carbocycles. The molecule has 0 unspecified atom stereocenters. The van der Waals surface area contributed by atoms with Crippen LogP contribution in [0.1, 0.15) is 0 Å². The average Bonchev–Trinajstić information content (AvgIpc) is 1.37. The van der Waals surface area contributed by atoms with Crippen molar-refractivity contribution in [3.63, 3.8) is 0 Å². The molecular weight excluding hydrogens is 86.2 g/mol. The van der Waals surface area contributed by atoms with Crippen molar-refractivity contribution in [1.82, 2.24) is 0 Å². The molecule has 0 rings (SSSR count). The molecule has 0 spiro atoms. The van der Waals surface area contributed by atoms with Crippen LogP contribution in [0.3, 0.4) is 0 Å². The second-order valence-electron chi connectivity index (χ2n) is 0.512. The first-order chi connectivity index (χ1) is 1.91. The lowest BCUT2D eigenvalue weighted by molar-refractivity contribution is 0.620. The van der Waals surface area contributed by atoms with E-state index >= 15 is 0 Å². The second kappa shape index (κ2) is 3.35. The summed E-state index contributed by atoms with van der Waals surface area (Å²) >= 11 is 0. The Kier molecular flexibility index (Phi) is 3.65. The lowest BCUT2D eigenvalue weighted by Gasteiger charge is -1.66. The molecule has 0 aromatic heterocycles. The predicted octanol–water partition coefficient (Wildman–Crippen LogP) is -2.98. The van der Waals surface area contributed by atoms with E-state index in [1.54, 1.807) is 0 Å². The van der Waals surface area contributed by atoms with Crippen molar-refractivity contribution >= 4 is 18.5 Å². The first kappa shape index (κ1) is 4.35. The van der Waals surface area contributed by atoms with Crippen LogP contribution in [0, 0.1) is 0 Å². The zero-order valence-corrected chi connectivity index (χ0v) is 5.27. The van der Waals surface area contributed by atoms with E-state index in [4.69, 9.17) is 10.2 Å². The molecule has 0 bridgehead atoms. The van der Waals surface area contributed by atoms with Gasteiger partial charge in [0, 0.05) is 0 Å². The van der Waals surface area contributed by atoms with E-state index < -0.39 is 9.28 Å². The maximum absolute atomic E-state index is 7.95. The summed E-state index contributed by atoms with van der Waals surface area (Å²) in [5, 5.41) is 4.98. The molecule has 0 heterocycles. The highest BCUT2D eigenvalue weighted by molar-refractivity contribution is 6.94. The molecule has 0 saturated carbocycles. The van der Waals surface area contributed by atoms with Gasteiger partial charge < -0.3 is 10.2 Å². The zero-order valence-electron chi connectivity index (χ0n) is 2.44. The van der Waals surface area contributed by atoms with E-state index in [1.807, 2.05) is 0 Å². The third-order valence-corrected chi connectivity index (χ3v) is 1.16. The highest BCUT2D eigenvalue weighted by Crippen LogP contribution is 1.19. The molecule has 0 saturated heterocycles. The second-order valence-corrected chi connectivity index (χ2v) is 4.61. The molecule has 3 N–H and O–H groups in total. The van der Waals surface area contributed by atoms with Crippen molar-refractivity contribution in [2.45, 2.75) is 0 Å². The Morgan fingerprint density at radius 2 is 2.00 bits per heavy atom. The maximum atomic E-state index is 7.95.